The lowest BCUT2D eigenvalue weighted by atomic mass is 10.1. The molecule has 29 heavy (non-hydrogen) atoms. The molecular weight excluding hydrogens is 366 g/mol. The summed E-state index contributed by atoms with van der Waals surface area (Å²) in [6.07, 6.45) is 4.84. The molecule has 7 heteroatoms. The standard InChI is InChI=1S/C22H23N5O2/c1-16-12-21-26(10-5-11-27(21)25-16)22(29)9-8-19(28)13-20-23-14-18(15-24-20)17-6-3-2-4-7-17/h2-4,6-7,12,14-15H,5,8-11,13H2,1H3. The number of rotatable bonds is 6. The molecule has 1 aromatic carbocycles. The van der Waals surface area contributed by atoms with Gasteiger partial charge < -0.3 is 0 Å². The van der Waals surface area contributed by atoms with Crippen molar-refractivity contribution in [2.24, 2.45) is 0 Å². The number of benzene rings is 1. The van der Waals surface area contributed by atoms with Crippen LogP contribution >= 0.6 is 0 Å². The Labute approximate surface area is 169 Å². The molecule has 0 atom stereocenters. The van der Waals surface area contributed by atoms with Gasteiger partial charge in [-0.2, -0.15) is 5.10 Å². The molecule has 0 fully saturated rings. The molecule has 0 saturated heterocycles. The fourth-order valence-electron chi connectivity index (χ4n) is 3.53. The van der Waals surface area contributed by atoms with Crippen molar-refractivity contribution in [3.63, 3.8) is 0 Å². The Balaban J connectivity index is 1.32. The number of aromatic nitrogens is 4. The Kier molecular flexibility index (Phi) is 5.46. The molecule has 148 valence electrons. The second-order valence-electron chi connectivity index (χ2n) is 7.24. The highest BCUT2D eigenvalue weighted by Gasteiger charge is 2.24. The van der Waals surface area contributed by atoms with E-state index in [1.807, 2.05) is 48.0 Å². The average Bonchev–Trinajstić information content (AvgIpc) is 3.13. The number of hydrogen-bond acceptors (Lipinski definition) is 5. The van der Waals surface area contributed by atoms with Crippen molar-refractivity contribution in [1.82, 2.24) is 19.7 Å². The van der Waals surface area contributed by atoms with E-state index in [2.05, 4.69) is 15.1 Å². The zero-order chi connectivity index (χ0) is 20.2. The van der Waals surface area contributed by atoms with Crippen LogP contribution in [0.2, 0.25) is 0 Å². The van der Waals surface area contributed by atoms with Crippen LogP contribution in [0.4, 0.5) is 5.82 Å². The lowest BCUT2D eigenvalue weighted by molar-refractivity contribution is -0.123. The number of carbonyl (C=O) groups excluding carboxylic acids is 2. The van der Waals surface area contributed by atoms with Crippen LogP contribution in [0, 0.1) is 6.92 Å². The summed E-state index contributed by atoms with van der Waals surface area (Å²) in [6, 6.07) is 11.8. The number of hydrogen-bond donors (Lipinski definition) is 0. The Morgan fingerprint density at radius 1 is 1.00 bits per heavy atom. The Bertz CT molecular complexity index is 1010. The first-order valence-electron chi connectivity index (χ1n) is 9.83. The first-order valence-corrected chi connectivity index (χ1v) is 9.83. The van der Waals surface area contributed by atoms with Gasteiger partial charge in [-0.25, -0.2) is 14.6 Å². The Morgan fingerprint density at radius 2 is 1.76 bits per heavy atom. The average molecular weight is 389 g/mol. The third-order valence-corrected chi connectivity index (χ3v) is 5.00. The number of aryl methyl sites for hydroxylation is 2. The molecule has 3 aromatic rings. The third-order valence-electron chi connectivity index (χ3n) is 5.00. The predicted molar refractivity (Wildman–Crippen MR) is 109 cm³/mol. The van der Waals surface area contributed by atoms with E-state index in [9.17, 15) is 9.59 Å². The van der Waals surface area contributed by atoms with Gasteiger partial charge in [0.2, 0.25) is 5.91 Å². The highest BCUT2D eigenvalue weighted by atomic mass is 16.2. The van der Waals surface area contributed by atoms with Crippen LogP contribution < -0.4 is 4.90 Å². The van der Waals surface area contributed by atoms with Crippen molar-refractivity contribution in [3.05, 3.63) is 60.3 Å². The predicted octanol–water partition coefficient (Wildman–Crippen LogP) is 2.98. The van der Waals surface area contributed by atoms with Gasteiger partial charge in [0.05, 0.1) is 12.1 Å². The Morgan fingerprint density at radius 3 is 2.52 bits per heavy atom. The van der Waals surface area contributed by atoms with Gasteiger partial charge in [-0.1, -0.05) is 30.3 Å². The van der Waals surface area contributed by atoms with Crippen LogP contribution in [0.25, 0.3) is 11.1 Å². The normalized spacial score (nSPS) is 13.2. The molecule has 0 unspecified atom stereocenters. The second kappa shape index (κ2) is 8.34. The van der Waals surface area contributed by atoms with Crippen molar-refractivity contribution in [1.29, 1.82) is 0 Å². The third kappa shape index (κ3) is 4.39. The molecule has 1 aliphatic heterocycles. The van der Waals surface area contributed by atoms with E-state index < -0.39 is 0 Å². The number of amides is 1. The van der Waals surface area contributed by atoms with Gasteiger partial charge in [0.1, 0.15) is 17.4 Å². The largest absolute Gasteiger partial charge is 0.299 e. The fraction of sp³-hybridized carbons (Fsp3) is 0.318. The first kappa shape index (κ1) is 19.0. The fourth-order valence-corrected chi connectivity index (χ4v) is 3.53. The van der Waals surface area contributed by atoms with Crippen molar-refractivity contribution in [2.75, 3.05) is 11.4 Å². The second-order valence-corrected chi connectivity index (χ2v) is 7.24. The highest BCUT2D eigenvalue weighted by Crippen LogP contribution is 2.22. The van der Waals surface area contributed by atoms with E-state index in [0.29, 0.717) is 12.4 Å². The van der Waals surface area contributed by atoms with Crippen molar-refractivity contribution in [3.8, 4) is 11.1 Å². The quantitative estimate of drug-likeness (QED) is 0.647. The van der Waals surface area contributed by atoms with Gasteiger partial charge in [-0.3, -0.25) is 14.5 Å². The number of anilines is 1. The van der Waals surface area contributed by atoms with Gasteiger partial charge in [0.25, 0.3) is 0 Å². The van der Waals surface area contributed by atoms with Crippen LogP contribution in [0.15, 0.2) is 48.8 Å². The summed E-state index contributed by atoms with van der Waals surface area (Å²) in [4.78, 5) is 35.3. The monoisotopic (exact) mass is 389 g/mol. The first-order chi connectivity index (χ1) is 14.1. The number of Topliss-reactive ketones (excluding diaryl/α,β-unsaturated/α-hetero) is 1. The van der Waals surface area contributed by atoms with E-state index in [4.69, 9.17) is 0 Å². The zero-order valence-electron chi connectivity index (χ0n) is 16.4. The highest BCUT2D eigenvalue weighted by molar-refractivity contribution is 5.95. The topological polar surface area (TPSA) is 81.0 Å². The smallest absolute Gasteiger partial charge is 0.228 e. The Hall–Kier alpha value is -3.35. The minimum atomic E-state index is -0.0421. The van der Waals surface area contributed by atoms with E-state index >= 15 is 0 Å². The molecule has 0 spiro atoms. The minimum absolute atomic E-state index is 0.0347. The van der Waals surface area contributed by atoms with Crippen LogP contribution in [-0.4, -0.2) is 38.0 Å². The maximum Gasteiger partial charge on any atom is 0.228 e. The lowest BCUT2D eigenvalue weighted by Crippen LogP contribution is -2.37. The summed E-state index contributed by atoms with van der Waals surface area (Å²) >= 11 is 0. The van der Waals surface area contributed by atoms with Crippen LogP contribution in [0.5, 0.6) is 0 Å². The maximum atomic E-state index is 12.6. The van der Waals surface area contributed by atoms with Crippen LogP contribution in [0.1, 0.15) is 30.8 Å². The molecule has 0 N–H and O–H groups in total. The SMILES string of the molecule is Cc1cc2n(n1)CCCN2C(=O)CCC(=O)Cc1ncc(-c2ccccc2)cn1. The molecule has 0 bridgehead atoms. The summed E-state index contributed by atoms with van der Waals surface area (Å²) in [7, 11) is 0. The van der Waals surface area contributed by atoms with Gasteiger partial charge in [-0.15, -0.1) is 0 Å². The number of carbonyl (C=O) groups is 2. The van der Waals surface area contributed by atoms with E-state index in [0.717, 1.165) is 35.6 Å². The number of ketones is 1. The summed E-state index contributed by atoms with van der Waals surface area (Å²) in [5, 5.41) is 4.40. The van der Waals surface area contributed by atoms with Gasteiger partial charge in [-0.05, 0) is 18.9 Å². The molecule has 2 aromatic heterocycles. The van der Waals surface area contributed by atoms with Crippen molar-refractivity contribution < 1.29 is 9.59 Å². The molecule has 3 heterocycles. The summed E-state index contributed by atoms with van der Waals surface area (Å²) in [6.45, 7) is 3.41. The number of fused-ring (bicyclic) bond motifs is 1. The molecule has 4 rings (SSSR count). The molecule has 1 aliphatic rings. The number of nitrogens with zero attached hydrogens (tertiary/aromatic N) is 5. The van der Waals surface area contributed by atoms with Crippen molar-refractivity contribution >= 4 is 17.5 Å². The molecule has 0 aliphatic carbocycles. The van der Waals surface area contributed by atoms with E-state index in [1.165, 1.54) is 0 Å². The molecule has 7 nitrogen and oxygen atoms in total. The van der Waals surface area contributed by atoms with Gasteiger partial charge in [0.15, 0.2) is 0 Å². The molecular formula is C22H23N5O2. The van der Waals surface area contributed by atoms with Crippen LogP contribution in [-0.2, 0) is 22.6 Å². The molecule has 0 radical (unpaired) electrons. The van der Waals surface area contributed by atoms with Gasteiger partial charge in [0, 0.05) is 50.0 Å². The minimum Gasteiger partial charge on any atom is -0.299 e. The lowest BCUT2D eigenvalue weighted by Gasteiger charge is -2.27. The summed E-state index contributed by atoms with van der Waals surface area (Å²) in [5.74, 6) is 1.23. The van der Waals surface area contributed by atoms with Crippen molar-refractivity contribution in [2.45, 2.75) is 39.2 Å². The van der Waals surface area contributed by atoms with E-state index in [-0.39, 0.29) is 31.0 Å². The summed E-state index contributed by atoms with van der Waals surface area (Å²) < 4.78 is 1.86. The van der Waals surface area contributed by atoms with Gasteiger partial charge >= 0.3 is 0 Å². The maximum absolute atomic E-state index is 12.6. The zero-order valence-corrected chi connectivity index (χ0v) is 16.4. The molecule has 1 amide bonds. The summed E-state index contributed by atoms with van der Waals surface area (Å²) in [5.41, 5.74) is 2.84. The van der Waals surface area contributed by atoms with E-state index in [1.54, 1.807) is 17.3 Å². The van der Waals surface area contributed by atoms with Crippen LogP contribution in [0.3, 0.4) is 0 Å². The molecule has 0 saturated carbocycles.